The molecular weight excluding hydrogens is 1160 g/mol. The number of para-hydroxylation sites is 1. The van der Waals surface area contributed by atoms with Crippen molar-refractivity contribution in [2.24, 2.45) is 5.92 Å². The smallest absolute Gasteiger partial charge is 0.107 e. The Hall–Kier alpha value is -10.6. The molecule has 0 spiro atoms. The van der Waals surface area contributed by atoms with E-state index in [1.54, 1.807) is 0 Å². The lowest BCUT2D eigenvalue weighted by atomic mass is 9.83. The molecule has 0 aromatic heterocycles. The van der Waals surface area contributed by atoms with Crippen LogP contribution in [0.3, 0.4) is 0 Å². The summed E-state index contributed by atoms with van der Waals surface area (Å²) in [7, 11) is 0. The van der Waals surface area contributed by atoms with Crippen LogP contribution in [0, 0.1) is 5.92 Å². The SMILES string of the molecule is C1=CC2C(CC1)NC(CCC1C=CC3C(C1)NC(c1ccc(-c4ccc5c(-c6ccc7ccccc7c6)c6ccccc6c(-c6ccc7ccccc7c6)c5c4)cc1)N3c1ccccc1)N2c1ccc(-c2c3ccccc3c(C3=c4ccccc4=CCC3)c3ccccc23)cc1. The molecule has 14 aromatic rings. The van der Waals surface area contributed by atoms with Crippen molar-refractivity contribution in [2.45, 2.75) is 81.4 Å². The zero-order valence-electron chi connectivity index (χ0n) is 53.8. The van der Waals surface area contributed by atoms with Gasteiger partial charge < -0.3 is 9.80 Å². The molecular formula is C92H74N4. The third-order valence-corrected chi connectivity index (χ3v) is 22.2. The van der Waals surface area contributed by atoms with E-state index in [0.717, 1.165) is 44.9 Å². The molecule has 462 valence electrons. The Bertz CT molecular complexity index is 5530. The molecule has 0 saturated carbocycles. The highest BCUT2D eigenvalue weighted by molar-refractivity contribution is 6.23. The third kappa shape index (κ3) is 9.71. The van der Waals surface area contributed by atoms with Gasteiger partial charge in [0.15, 0.2) is 0 Å². The summed E-state index contributed by atoms with van der Waals surface area (Å²) in [4.78, 5) is 5.37. The highest BCUT2D eigenvalue weighted by Gasteiger charge is 2.44. The quantitative estimate of drug-likeness (QED) is 0.0998. The number of allylic oxidation sites excluding steroid dienone is 2. The number of fused-ring (bicyclic) bond motifs is 9. The number of nitrogens with one attached hydrogen (secondary N) is 2. The molecule has 4 nitrogen and oxygen atoms in total. The average Bonchev–Trinajstić information content (AvgIpc) is 1.07. The Morgan fingerprint density at radius 1 is 0.354 bits per heavy atom. The van der Waals surface area contributed by atoms with Gasteiger partial charge in [-0.25, -0.2) is 0 Å². The van der Waals surface area contributed by atoms with Gasteiger partial charge in [0.2, 0.25) is 0 Å². The Morgan fingerprint density at radius 3 is 1.56 bits per heavy atom. The zero-order chi connectivity index (χ0) is 63.2. The molecule has 19 rings (SSSR count). The first-order valence-electron chi connectivity index (χ1n) is 35.0. The first-order chi connectivity index (χ1) is 47.6. The van der Waals surface area contributed by atoms with Crippen molar-refractivity contribution >= 4 is 87.7 Å². The molecule has 0 radical (unpaired) electrons. The number of benzene rings is 14. The number of rotatable bonds is 11. The fourth-order valence-electron chi connectivity index (χ4n) is 17.8. The molecule has 7 atom stereocenters. The maximum Gasteiger partial charge on any atom is 0.107 e. The number of anilines is 2. The van der Waals surface area contributed by atoms with E-state index < -0.39 is 0 Å². The summed E-state index contributed by atoms with van der Waals surface area (Å²) in [5.74, 6) is 0.455. The third-order valence-electron chi connectivity index (χ3n) is 22.2. The van der Waals surface area contributed by atoms with E-state index in [0.29, 0.717) is 24.0 Å². The Balaban J connectivity index is 0.612. The first kappa shape index (κ1) is 56.9. The summed E-state index contributed by atoms with van der Waals surface area (Å²) in [6.45, 7) is 0. The van der Waals surface area contributed by atoms with Gasteiger partial charge in [0.05, 0.1) is 18.2 Å². The van der Waals surface area contributed by atoms with Crippen molar-refractivity contribution in [3.8, 4) is 44.5 Å². The summed E-state index contributed by atoms with van der Waals surface area (Å²) in [5, 5.41) is 26.5. The van der Waals surface area contributed by atoms with Gasteiger partial charge >= 0.3 is 0 Å². The second-order valence-corrected chi connectivity index (χ2v) is 27.6. The average molecular weight is 1240 g/mol. The Morgan fingerprint density at radius 2 is 0.885 bits per heavy atom. The van der Waals surface area contributed by atoms with Gasteiger partial charge in [-0.05, 0) is 230 Å². The van der Waals surface area contributed by atoms with Crippen molar-refractivity contribution < 1.29 is 0 Å². The summed E-state index contributed by atoms with van der Waals surface area (Å²) < 4.78 is 0. The second kappa shape index (κ2) is 23.7. The van der Waals surface area contributed by atoms with Gasteiger partial charge in [0, 0.05) is 23.5 Å². The van der Waals surface area contributed by atoms with Gasteiger partial charge in [-0.2, -0.15) is 0 Å². The molecule has 2 saturated heterocycles. The van der Waals surface area contributed by atoms with Crippen LogP contribution in [0.1, 0.15) is 62.2 Å². The van der Waals surface area contributed by atoms with Crippen LogP contribution in [-0.4, -0.2) is 30.3 Å². The number of nitrogens with zero attached hydrogens (tertiary/aromatic N) is 2. The van der Waals surface area contributed by atoms with Crippen molar-refractivity contribution in [3.05, 3.63) is 325 Å². The molecule has 3 aliphatic carbocycles. The molecule has 2 heterocycles. The maximum atomic E-state index is 4.26. The lowest BCUT2D eigenvalue weighted by molar-refractivity contribution is 0.381. The minimum atomic E-state index is 0.0117. The molecule has 4 heteroatoms. The van der Waals surface area contributed by atoms with Crippen molar-refractivity contribution in [2.75, 3.05) is 9.80 Å². The minimum Gasteiger partial charge on any atom is -0.348 e. The molecule has 0 bridgehead atoms. The number of hydrogen-bond donors (Lipinski definition) is 2. The zero-order valence-corrected chi connectivity index (χ0v) is 53.8. The predicted octanol–water partition coefficient (Wildman–Crippen LogP) is 20.8. The van der Waals surface area contributed by atoms with Crippen molar-refractivity contribution in [1.29, 1.82) is 0 Å². The van der Waals surface area contributed by atoms with Gasteiger partial charge in [-0.1, -0.05) is 267 Å². The van der Waals surface area contributed by atoms with Crippen LogP contribution in [0.4, 0.5) is 11.4 Å². The summed E-state index contributed by atoms with van der Waals surface area (Å²) in [6.07, 6.45) is 20.3. The highest BCUT2D eigenvalue weighted by atomic mass is 15.4. The van der Waals surface area contributed by atoms with E-state index in [9.17, 15) is 0 Å². The summed E-state index contributed by atoms with van der Waals surface area (Å²) in [6, 6.07) is 106. The van der Waals surface area contributed by atoms with E-state index in [2.05, 4.69) is 330 Å². The maximum absolute atomic E-state index is 4.26. The van der Waals surface area contributed by atoms with Gasteiger partial charge in [-0.3, -0.25) is 10.6 Å². The molecule has 5 aliphatic rings. The topological polar surface area (TPSA) is 30.5 Å². The Kier molecular flexibility index (Phi) is 14.0. The van der Waals surface area contributed by atoms with Crippen LogP contribution in [0.5, 0.6) is 0 Å². The van der Waals surface area contributed by atoms with E-state index in [1.807, 2.05) is 0 Å². The van der Waals surface area contributed by atoms with Crippen LogP contribution in [0.15, 0.2) is 303 Å². The van der Waals surface area contributed by atoms with Crippen LogP contribution < -0.4 is 30.9 Å². The second-order valence-electron chi connectivity index (χ2n) is 27.6. The highest BCUT2D eigenvalue weighted by Crippen LogP contribution is 2.48. The van der Waals surface area contributed by atoms with Crippen LogP contribution in [-0.2, 0) is 0 Å². The molecule has 2 N–H and O–H groups in total. The van der Waals surface area contributed by atoms with E-state index in [4.69, 9.17) is 0 Å². The lowest BCUT2D eigenvalue weighted by Crippen LogP contribution is -2.40. The fraction of sp³-hybridized carbons (Fsp3) is 0.152. The van der Waals surface area contributed by atoms with Gasteiger partial charge in [-0.15, -0.1) is 0 Å². The van der Waals surface area contributed by atoms with Crippen LogP contribution in [0.2, 0.25) is 0 Å². The summed E-state index contributed by atoms with van der Waals surface area (Å²) >= 11 is 0. The van der Waals surface area contributed by atoms with E-state index >= 15 is 0 Å². The van der Waals surface area contributed by atoms with Crippen molar-refractivity contribution in [3.63, 3.8) is 0 Å². The lowest BCUT2D eigenvalue weighted by Gasteiger charge is -2.35. The van der Waals surface area contributed by atoms with Crippen LogP contribution in [0.25, 0.3) is 121 Å². The molecule has 96 heavy (non-hydrogen) atoms. The first-order valence-corrected chi connectivity index (χ1v) is 35.0. The predicted molar refractivity (Wildman–Crippen MR) is 406 cm³/mol. The fourth-order valence-corrected chi connectivity index (χ4v) is 17.8. The van der Waals surface area contributed by atoms with E-state index in [-0.39, 0.29) is 18.4 Å². The molecule has 2 aliphatic heterocycles. The Labute approximate surface area is 561 Å². The molecule has 0 amide bonds. The van der Waals surface area contributed by atoms with Gasteiger partial charge in [0.25, 0.3) is 0 Å². The number of hydrogen-bond acceptors (Lipinski definition) is 4. The van der Waals surface area contributed by atoms with E-state index in [1.165, 1.54) is 148 Å². The normalized spacial score (nSPS) is 20.5. The molecule has 14 aromatic carbocycles. The van der Waals surface area contributed by atoms with Crippen molar-refractivity contribution in [1.82, 2.24) is 10.6 Å². The standard InChI is InChI=1S/C92H74N4/c1-2-25-71(26-3-1)96-86-53-37-59(38-54-87-93-83-35-16-17-36-85(83)95(87)72-50-47-64(48-51-72)88-77-30-12-14-32-79(77)91(80-33-15-13-31-78(80)88)74-34-18-24-63-21-8-9-27-73(63)74)55-84(86)94-92(96)65-43-39-62(40-44-65)68-49-52-81-82(58-68)90(70-46-42-61-20-5-7-23-67(61)57-70)76-29-11-10-28-75(76)89(81)69-45-41-60-19-4-6-22-66(60)56-69/h1-15,17,19-33,36-37,39-53,56-59,83-87,92-94H,16,18,34-35,38,54-55H2. The molecule has 7 unspecified atom stereocenters. The van der Waals surface area contributed by atoms with Gasteiger partial charge in [0.1, 0.15) is 6.17 Å². The largest absolute Gasteiger partial charge is 0.348 e. The molecule has 2 fully saturated rings. The summed E-state index contributed by atoms with van der Waals surface area (Å²) in [5.41, 5.74) is 16.7. The minimum absolute atomic E-state index is 0.0117. The van der Waals surface area contributed by atoms with Crippen LogP contribution >= 0.6 is 0 Å². The monoisotopic (exact) mass is 1230 g/mol.